The van der Waals surface area contributed by atoms with E-state index in [9.17, 15) is 4.79 Å². The Morgan fingerprint density at radius 2 is 2.18 bits per heavy atom. The van der Waals surface area contributed by atoms with E-state index in [1.54, 1.807) is 0 Å². The van der Waals surface area contributed by atoms with Crippen LogP contribution in [0.5, 0.6) is 0 Å². The molecule has 0 heterocycles. The molecule has 1 aliphatic carbocycles. The van der Waals surface area contributed by atoms with Crippen molar-refractivity contribution in [2.24, 2.45) is 11.8 Å². The molecule has 0 radical (unpaired) electrons. The highest BCUT2D eigenvalue weighted by atomic mass is 16.2. The highest BCUT2D eigenvalue weighted by Crippen LogP contribution is 2.30. The number of nitrogens with one attached hydrogen (secondary N) is 2. The lowest BCUT2D eigenvalue weighted by Gasteiger charge is -2.19. The van der Waals surface area contributed by atoms with E-state index in [1.165, 1.54) is 19.3 Å². The summed E-state index contributed by atoms with van der Waals surface area (Å²) in [6, 6.07) is -0.0559. The molecule has 1 amide bonds. The first kappa shape index (κ1) is 14.5. The molecule has 0 saturated heterocycles. The minimum Gasteiger partial charge on any atom is -0.355 e. The van der Waals surface area contributed by atoms with Crippen molar-refractivity contribution in [3.8, 4) is 0 Å². The Hall–Kier alpha value is -0.570. The predicted octanol–water partition coefficient (Wildman–Crippen LogP) is 2.32. The summed E-state index contributed by atoms with van der Waals surface area (Å²) in [7, 11) is 0. The molecule has 0 bridgehead atoms. The normalized spacial score (nSPS) is 25.8. The zero-order valence-electron chi connectivity index (χ0n) is 11.6. The zero-order chi connectivity index (χ0) is 12.7. The fourth-order valence-corrected chi connectivity index (χ4v) is 2.49. The fraction of sp³-hybridized carbons (Fsp3) is 0.929. The summed E-state index contributed by atoms with van der Waals surface area (Å²) in [6.45, 7) is 8.21. The Balaban J connectivity index is 2.15. The lowest BCUT2D eigenvalue weighted by molar-refractivity contribution is -0.122. The molecule has 1 aliphatic rings. The summed E-state index contributed by atoms with van der Waals surface area (Å²) in [5.41, 5.74) is 0. The van der Waals surface area contributed by atoms with Crippen molar-refractivity contribution in [3.05, 3.63) is 0 Å². The van der Waals surface area contributed by atoms with E-state index in [0.29, 0.717) is 0 Å². The van der Waals surface area contributed by atoms with Crippen LogP contribution in [-0.4, -0.2) is 25.0 Å². The van der Waals surface area contributed by atoms with E-state index in [-0.39, 0.29) is 11.9 Å². The van der Waals surface area contributed by atoms with Crippen molar-refractivity contribution < 1.29 is 4.79 Å². The van der Waals surface area contributed by atoms with E-state index in [1.807, 2.05) is 6.92 Å². The van der Waals surface area contributed by atoms with E-state index in [0.717, 1.165) is 37.8 Å². The second-order valence-electron chi connectivity index (χ2n) is 5.44. The van der Waals surface area contributed by atoms with Gasteiger partial charge in [-0.25, -0.2) is 0 Å². The average Bonchev–Trinajstić information content (AvgIpc) is 2.72. The summed E-state index contributed by atoms with van der Waals surface area (Å²) in [6.07, 6.45) is 6.21. The van der Waals surface area contributed by atoms with Gasteiger partial charge in [0.25, 0.3) is 0 Å². The highest BCUT2D eigenvalue weighted by molar-refractivity contribution is 5.81. The number of carbonyl (C=O) groups is 1. The molecule has 2 N–H and O–H groups in total. The van der Waals surface area contributed by atoms with Gasteiger partial charge in [-0.15, -0.1) is 0 Å². The number of carbonyl (C=O) groups excluding carboxylic acids is 1. The summed E-state index contributed by atoms with van der Waals surface area (Å²) in [5, 5.41) is 6.34. The first-order valence-electron chi connectivity index (χ1n) is 7.16. The molecule has 3 nitrogen and oxygen atoms in total. The molecule has 3 heteroatoms. The molecule has 100 valence electrons. The van der Waals surface area contributed by atoms with Gasteiger partial charge in [0.1, 0.15) is 0 Å². The van der Waals surface area contributed by atoms with Gasteiger partial charge in [0.2, 0.25) is 5.91 Å². The third-order valence-corrected chi connectivity index (χ3v) is 3.95. The Morgan fingerprint density at radius 3 is 2.76 bits per heavy atom. The Kier molecular flexibility index (Phi) is 6.56. The van der Waals surface area contributed by atoms with Crippen LogP contribution in [0.3, 0.4) is 0 Å². The molecular formula is C14H28N2O. The number of hydrogen-bond acceptors (Lipinski definition) is 2. The van der Waals surface area contributed by atoms with Crippen LogP contribution in [0, 0.1) is 11.8 Å². The van der Waals surface area contributed by atoms with Crippen molar-refractivity contribution in [1.82, 2.24) is 10.6 Å². The third kappa shape index (κ3) is 5.07. The molecule has 3 atom stereocenters. The Labute approximate surface area is 106 Å². The van der Waals surface area contributed by atoms with E-state index in [2.05, 4.69) is 24.5 Å². The van der Waals surface area contributed by atoms with Gasteiger partial charge in [-0.05, 0) is 38.1 Å². The maximum atomic E-state index is 11.7. The minimum absolute atomic E-state index is 0.0559. The molecule has 3 unspecified atom stereocenters. The average molecular weight is 240 g/mol. The summed E-state index contributed by atoms with van der Waals surface area (Å²) < 4.78 is 0. The van der Waals surface area contributed by atoms with Crippen molar-refractivity contribution in [2.75, 3.05) is 13.1 Å². The molecule has 1 rings (SSSR count). The zero-order valence-corrected chi connectivity index (χ0v) is 11.6. The van der Waals surface area contributed by atoms with Gasteiger partial charge >= 0.3 is 0 Å². The summed E-state index contributed by atoms with van der Waals surface area (Å²) in [5.74, 6) is 1.72. The first-order chi connectivity index (χ1) is 8.15. The second-order valence-corrected chi connectivity index (χ2v) is 5.44. The highest BCUT2D eigenvalue weighted by Gasteiger charge is 2.24. The van der Waals surface area contributed by atoms with Crippen LogP contribution in [0.2, 0.25) is 0 Å². The van der Waals surface area contributed by atoms with Crippen LogP contribution in [0.25, 0.3) is 0 Å². The van der Waals surface area contributed by atoms with E-state index < -0.39 is 0 Å². The minimum atomic E-state index is -0.0559. The number of hydrogen-bond donors (Lipinski definition) is 2. The van der Waals surface area contributed by atoms with Gasteiger partial charge in [0.15, 0.2) is 0 Å². The molecule has 0 aromatic heterocycles. The molecule has 1 saturated carbocycles. The predicted molar refractivity (Wildman–Crippen MR) is 71.9 cm³/mol. The van der Waals surface area contributed by atoms with Crippen LogP contribution < -0.4 is 10.6 Å². The largest absolute Gasteiger partial charge is 0.355 e. The maximum Gasteiger partial charge on any atom is 0.236 e. The van der Waals surface area contributed by atoms with Crippen molar-refractivity contribution in [2.45, 2.75) is 58.9 Å². The molecule has 0 aromatic carbocycles. The van der Waals surface area contributed by atoms with Gasteiger partial charge in [-0.2, -0.15) is 0 Å². The van der Waals surface area contributed by atoms with Crippen molar-refractivity contribution >= 4 is 5.91 Å². The lowest BCUT2D eigenvalue weighted by Crippen LogP contribution is -2.44. The molecular weight excluding hydrogens is 212 g/mol. The standard InChI is InChI=1S/C14H28N2O/c1-4-5-9-15-14(17)12(3)16-10-13-8-6-7-11(13)2/h11-13,16H,4-10H2,1-3H3,(H,15,17). The van der Waals surface area contributed by atoms with Crippen molar-refractivity contribution in [1.29, 1.82) is 0 Å². The van der Waals surface area contributed by atoms with E-state index in [4.69, 9.17) is 0 Å². The van der Waals surface area contributed by atoms with Crippen LogP contribution in [0.15, 0.2) is 0 Å². The quantitative estimate of drug-likeness (QED) is 0.671. The van der Waals surface area contributed by atoms with Crippen LogP contribution >= 0.6 is 0 Å². The van der Waals surface area contributed by atoms with Gasteiger partial charge in [0.05, 0.1) is 6.04 Å². The summed E-state index contributed by atoms with van der Waals surface area (Å²) >= 11 is 0. The van der Waals surface area contributed by atoms with E-state index >= 15 is 0 Å². The second kappa shape index (κ2) is 7.70. The smallest absolute Gasteiger partial charge is 0.236 e. The maximum absolute atomic E-state index is 11.7. The SMILES string of the molecule is CCCCNC(=O)C(C)NCC1CCCC1C. The van der Waals surface area contributed by atoms with Crippen LogP contribution in [0.4, 0.5) is 0 Å². The van der Waals surface area contributed by atoms with Gasteiger partial charge in [-0.3, -0.25) is 4.79 Å². The third-order valence-electron chi connectivity index (χ3n) is 3.95. The Morgan fingerprint density at radius 1 is 1.41 bits per heavy atom. The van der Waals surface area contributed by atoms with Gasteiger partial charge in [-0.1, -0.05) is 33.1 Å². The first-order valence-corrected chi connectivity index (χ1v) is 7.16. The molecule has 17 heavy (non-hydrogen) atoms. The number of unbranched alkanes of at least 4 members (excludes halogenated alkanes) is 1. The molecule has 0 aromatic rings. The lowest BCUT2D eigenvalue weighted by atomic mass is 9.98. The van der Waals surface area contributed by atoms with Crippen molar-refractivity contribution in [3.63, 3.8) is 0 Å². The van der Waals surface area contributed by atoms with Gasteiger partial charge in [0, 0.05) is 6.54 Å². The molecule has 1 fully saturated rings. The number of rotatable bonds is 7. The van der Waals surface area contributed by atoms with Crippen LogP contribution in [0.1, 0.15) is 52.9 Å². The van der Waals surface area contributed by atoms with Crippen LogP contribution in [-0.2, 0) is 4.79 Å². The van der Waals surface area contributed by atoms with Gasteiger partial charge < -0.3 is 10.6 Å². The topological polar surface area (TPSA) is 41.1 Å². The summed E-state index contributed by atoms with van der Waals surface area (Å²) in [4.78, 5) is 11.7. The fourth-order valence-electron chi connectivity index (χ4n) is 2.49. The molecule has 0 aliphatic heterocycles. The Bertz CT molecular complexity index is 230. The molecule has 0 spiro atoms. The number of amides is 1. The monoisotopic (exact) mass is 240 g/mol.